The van der Waals surface area contributed by atoms with Gasteiger partial charge in [-0.2, -0.15) is 0 Å². The molecule has 0 heterocycles. The molecule has 2 amide bonds. The Balaban J connectivity index is 1.92. The monoisotopic (exact) mass is 368 g/mol. The van der Waals surface area contributed by atoms with Gasteiger partial charge in [-0.15, -0.1) is 0 Å². The fraction of sp³-hybridized carbons (Fsp3) is 0.286. The van der Waals surface area contributed by atoms with Crippen molar-refractivity contribution in [3.63, 3.8) is 0 Å². The van der Waals surface area contributed by atoms with Gasteiger partial charge in [0.1, 0.15) is 13.2 Å². The van der Waals surface area contributed by atoms with Gasteiger partial charge in [0, 0.05) is 5.41 Å². The second kappa shape index (κ2) is 8.98. The second-order valence-electron chi connectivity index (χ2n) is 7.08. The first-order valence-electron chi connectivity index (χ1n) is 8.65. The molecule has 0 aliphatic heterocycles. The third-order valence-corrected chi connectivity index (χ3v) is 3.74. The van der Waals surface area contributed by atoms with E-state index in [2.05, 4.69) is 10.6 Å². The molecule has 0 aliphatic carbocycles. The molecule has 0 radical (unpaired) electrons. The molecule has 0 fully saturated rings. The first-order valence-corrected chi connectivity index (χ1v) is 8.65. The van der Waals surface area contributed by atoms with Crippen LogP contribution in [0, 0.1) is 5.41 Å². The van der Waals surface area contributed by atoms with Crippen molar-refractivity contribution in [2.45, 2.75) is 27.4 Å². The van der Waals surface area contributed by atoms with Gasteiger partial charge in [0.2, 0.25) is 5.91 Å². The normalized spacial score (nSPS) is 10.8. The van der Waals surface area contributed by atoms with Crippen LogP contribution < -0.4 is 10.6 Å². The summed E-state index contributed by atoms with van der Waals surface area (Å²) >= 11 is 0. The highest BCUT2D eigenvalue weighted by molar-refractivity contribution is 6.05. The number of amides is 2. The molecular formula is C21H24N2O4. The van der Waals surface area contributed by atoms with Gasteiger partial charge in [-0.3, -0.25) is 14.4 Å². The third kappa shape index (κ3) is 6.26. The van der Waals surface area contributed by atoms with E-state index >= 15 is 0 Å². The molecule has 0 saturated carbocycles. The van der Waals surface area contributed by atoms with Crippen molar-refractivity contribution in [3.8, 4) is 0 Å². The number of para-hydroxylation sites is 1. The lowest BCUT2D eigenvalue weighted by molar-refractivity contribution is -0.143. The topological polar surface area (TPSA) is 84.5 Å². The van der Waals surface area contributed by atoms with Crippen LogP contribution in [-0.4, -0.2) is 24.3 Å². The summed E-state index contributed by atoms with van der Waals surface area (Å²) < 4.78 is 5.13. The van der Waals surface area contributed by atoms with Crippen molar-refractivity contribution in [1.82, 2.24) is 5.32 Å². The van der Waals surface area contributed by atoms with Crippen molar-refractivity contribution in [2.75, 3.05) is 11.9 Å². The molecule has 142 valence electrons. The lowest BCUT2D eigenvalue weighted by atomic mass is 9.95. The maximum Gasteiger partial charge on any atom is 0.325 e. The molecule has 0 aromatic heterocycles. The number of benzene rings is 2. The predicted molar refractivity (Wildman–Crippen MR) is 103 cm³/mol. The first kappa shape index (κ1) is 20.2. The average Bonchev–Trinajstić information content (AvgIpc) is 2.65. The van der Waals surface area contributed by atoms with Crippen LogP contribution in [0.5, 0.6) is 0 Å². The molecule has 2 aromatic rings. The van der Waals surface area contributed by atoms with Crippen LogP contribution >= 0.6 is 0 Å². The first-order chi connectivity index (χ1) is 12.8. The summed E-state index contributed by atoms with van der Waals surface area (Å²) in [7, 11) is 0. The van der Waals surface area contributed by atoms with Crippen molar-refractivity contribution >= 4 is 23.5 Å². The van der Waals surface area contributed by atoms with Crippen LogP contribution in [-0.2, 0) is 20.9 Å². The van der Waals surface area contributed by atoms with Crippen LogP contribution in [0.2, 0.25) is 0 Å². The number of nitrogens with one attached hydrogen (secondary N) is 2. The Labute approximate surface area is 158 Å². The Morgan fingerprint density at radius 1 is 0.926 bits per heavy atom. The summed E-state index contributed by atoms with van der Waals surface area (Å²) in [5, 5.41) is 5.27. The number of carbonyl (C=O) groups is 3. The largest absolute Gasteiger partial charge is 0.460 e. The molecule has 0 atom stereocenters. The number of ether oxygens (including phenoxy) is 1. The van der Waals surface area contributed by atoms with E-state index in [1.165, 1.54) is 0 Å². The molecule has 6 heteroatoms. The van der Waals surface area contributed by atoms with Gasteiger partial charge in [-0.1, -0.05) is 63.2 Å². The van der Waals surface area contributed by atoms with Gasteiger partial charge in [-0.05, 0) is 17.7 Å². The highest BCUT2D eigenvalue weighted by Crippen LogP contribution is 2.20. The average molecular weight is 368 g/mol. The molecule has 2 rings (SSSR count). The van der Waals surface area contributed by atoms with E-state index in [4.69, 9.17) is 4.74 Å². The quantitative estimate of drug-likeness (QED) is 0.767. The lowest BCUT2D eigenvalue weighted by Crippen LogP contribution is -2.32. The fourth-order valence-corrected chi connectivity index (χ4v) is 2.14. The van der Waals surface area contributed by atoms with Crippen LogP contribution in [0.25, 0.3) is 0 Å². The minimum absolute atomic E-state index is 0.147. The molecule has 2 N–H and O–H groups in total. The van der Waals surface area contributed by atoms with Gasteiger partial charge >= 0.3 is 5.97 Å². The van der Waals surface area contributed by atoms with Gasteiger partial charge < -0.3 is 15.4 Å². The molecule has 0 unspecified atom stereocenters. The second-order valence-corrected chi connectivity index (χ2v) is 7.08. The number of carbonyl (C=O) groups excluding carboxylic acids is 3. The van der Waals surface area contributed by atoms with Crippen molar-refractivity contribution in [3.05, 3.63) is 65.7 Å². The minimum atomic E-state index is -0.592. The van der Waals surface area contributed by atoms with E-state index in [0.29, 0.717) is 5.69 Å². The van der Waals surface area contributed by atoms with Gasteiger partial charge in [-0.25, -0.2) is 0 Å². The highest BCUT2D eigenvalue weighted by Gasteiger charge is 2.23. The van der Waals surface area contributed by atoms with E-state index in [0.717, 1.165) is 5.56 Å². The fourth-order valence-electron chi connectivity index (χ4n) is 2.14. The summed E-state index contributed by atoms with van der Waals surface area (Å²) in [4.78, 5) is 36.4. The highest BCUT2D eigenvalue weighted by atomic mass is 16.5. The summed E-state index contributed by atoms with van der Waals surface area (Å²) in [6, 6.07) is 15.9. The molecule has 0 aliphatic rings. The van der Waals surface area contributed by atoms with Gasteiger partial charge in [0.25, 0.3) is 5.91 Å². The Kier molecular flexibility index (Phi) is 6.71. The Morgan fingerprint density at radius 2 is 1.56 bits per heavy atom. The molecular weight excluding hydrogens is 344 g/mol. The van der Waals surface area contributed by atoms with Crippen LogP contribution in [0.3, 0.4) is 0 Å². The molecule has 2 aromatic carbocycles. The van der Waals surface area contributed by atoms with E-state index < -0.39 is 17.3 Å². The van der Waals surface area contributed by atoms with E-state index in [1.54, 1.807) is 45.0 Å². The zero-order chi connectivity index (χ0) is 19.9. The SMILES string of the molecule is CC(C)(C)C(=O)Nc1ccccc1C(=O)NCC(=O)OCc1ccccc1. The molecule has 6 nitrogen and oxygen atoms in total. The zero-order valence-corrected chi connectivity index (χ0v) is 15.7. The molecule has 27 heavy (non-hydrogen) atoms. The minimum Gasteiger partial charge on any atom is -0.460 e. The maximum atomic E-state index is 12.4. The zero-order valence-electron chi connectivity index (χ0n) is 15.7. The standard InChI is InChI=1S/C21H24N2O4/c1-21(2,3)20(26)23-17-12-8-7-11-16(17)19(25)22-13-18(24)27-14-15-9-5-4-6-10-15/h4-12H,13-14H2,1-3H3,(H,22,25)(H,23,26). The maximum absolute atomic E-state index is 12.4. The van der Waals surface area contributed by atoms with Crippen molar-refractivity contribution in [1.29, 1.82) is 0 Å². The number of rotatable bonds is 6. The number of hydrogen-bond donors (Lipinski definition) is 2. The predicted octanol–water partition coefficient (Wildman–Crippen LogP) is 3.14. The van der Waals surface area contributed by atoms with E-state index in [1.807, 2.05) is 30.3 Å². The number of esters is 1. The van der Waals surface area contributed by atoms with Crippen LogP contribution in [0.1, 0.15) is 36.7 Å². The summed E-state index contributed by atoms with van der Waals surface area (Å²) in [6.45, 7) is 5.25. The van der Waals surface area contributed by atoms with Gasteiger partial charge in [0.15, 0.2) is 0 Å². The molecule has 0 spiro atoms. The van der Waals surface area contributed by atoms with Crippen molar-refractivity contribution < 1.29 is 19.1 Å². The van der Waals surface area contributed by atoms with E-state index in [-0.39, 0.29) is 24.6 Å². The Bertz CT molecular complexity index is 810. The Morgan fingerprint density at radius 3 is 2.22 bits per heavy atom. The third-order valence-electron chi connectivity index (χ3n) is 3.74. The summed E-state index contributed by atoms with van der Waals surface area (Å²) in [6.07, 6.45) is 0. The number of anilines is 1. The Hall–Kier alpha value is -3.15. The van der Waals surface area contributed by atoms with Gasteiger partial charge in [0.05, 0.1) is 11.3 Å². The van der Waals surface area contributed by atoms with Crippen molar-refractivity contribution in [2.24, 2.45) is 5.41 Å². The lowest BCUT2D eigenvalue weighted by Gasteiger charge is -2.19. The van der Waals surface area contributed by atoms with Crippen LogP contribution in [0.4, 0.5) is 5.69 Å². The smallest absolute Gasteiger partial charge is 0.325 e. The summed E-state index contributed by atoms with van der Waals surface area (Å²) in [5.41, 5.74) is 0.955. The van der Waals surface area contributed by atoms with Crippen LogP contribution in [0.15, 0.2) is 54.6 Å². The molecule has 0 saturated heterocycles. The molecule has 0 bridgehead atoms. The number of hydrogen-bond acceptors (Lipinski definition) is 4. The summed E-state index contributed by atoms with van der Waals surface area (Å²) in [5.74, 6) is -1.20. The van der Waals surface area contributed by atoms with E-state index in [9.17, 15) is 14.4 Å².